The van der Waals surface area contributed by atoms with Crippen LogP contribution in [0.15, 0.2) is 0 Å². The van der Waals surface area contributed by atoms with Gasteiger partial charge in [-0.05, 0) is 19.5 Å². The first-order valence-electron chi connectivity index (χ1n) is 5.10. The van der Waals surface area contributed by atoms with Crippen molar-refractivity contribution in [3.05, 3.63) is 0 Å². The van der Waals surface area contributed by atoms with Gasteiger partial charge in [-0.2, -0.15) is 0 Å². The lowest BCUT2D eigenvalue weighted by molar-refractivity contribution is 0.159. The molecule has 0 rings (SSSR count). The van der Waals surface area contributed by atoms with E-state index in [2.05, 4.69) is 5.32 Å². The Morgan fingerprint density at radius 1 is 0.750 bits per heavy atom. The lowest BCUT2D eigenvalue weighted by Gasteiger charge is -2.19. The van der Waals surface area contributed by atoms with Crippen molar-refractivity contribution in [1.82, 2.24) is 10.2 Å². The molecule has 0 atom stereocenters. The van der Waals surface area contributed by atoms with Crippen LogP contribution in [0.4, 0.5) is 0 Å². The van der Waals surface area contributed by atoms with Crippen LogP contribution in [0, 0.1) is 0 Å². The molecule has 16 heavy (non-hydrogen) atoms. The van der Waals surface area contributed by atoms with Gasteiger partial charge in [0, 0.05) is 19.6 Å². The van der Waals surface area contributed by atoms with Gasteiger partial charge in [-0.3, -0.25) is 4.90 Å². The molecular weight excluding hydrogens is 255 g/mol. The molecule has 5 nitrogen and oxygen atoms in total. The Bertz CT molecular complexity index is 117. The molecule has 0 amide bonds. The van der Waals surface area contributed by atoms with E-state index in [4.69, 9.17) is 15.3 Å². The predicted octanol–water partition coefficient (Wildman–Crippen LogP) is -0.911. The van der Waals surface area contributed by atoms with Crippen LogP contribution in [0.5, 0.6) is 0 Å². The van der Waals surface area contributed by atoms with Crippen molar-refractivity contribution >= 4 is 24.8 Å². The first-order chi connectivity index (χ1) is 6.85. The van der Waals surface area contributed by atoms with Gasteiger partial charge in [-0.15, -0.1) is 24.8 Å². The number of aliphatic hydroxyl groups excluding tert-OH is 3. The highest BCUT2D eigenvalue weighted by atomic mass is 35.5. The molecule has 0 bridgehead atoms. The van der Waals surface area contributed by atoms with Crippen LogP contribution in [-0.2, 0) is 0 Å². The monoisotopic (exact) mass is 278 g/mol. The second-order valence-electron chi connectivity index (χ2n) is 3.12. The Morgan fingerprint density at radius 3 is 1.75 bits per heavy atom. The average molecular weight is 279 g/mol. The van der Waals surface area contributed by atoms with Gasteiger partial charge in [0.2, 0.25) is 0 Å². The van der Waals surface area contributed by atoms with Gasteiger partial charge in [0.1, 0.15) is 0 Å². The van der Waals surface area contributed by atoms with Crippen LogP contribution in [0.3, 0.4) is 0 Å². The highest BCUT2D eigenvalue weighted by Crippen LogP contribution is 1.89. The van der Waals surface area contributed by atoms with Crippen LogP contribution >= 0.6 is 24.8 Å². The van der Waals surface area contributed by atoms with Crippen molar-refractivity contribution in [2.75, 3.05) is 52.5 Å². The van der Waals surface area contributed by atoms with Gasteiger partial charge in [0.15, 0.2) is 0 Å². The van der Waals surface area contributed by atoms with E-state index >= 15 is 0 Å². The van der Waals surface area contributed by atoms with E-state index in [9.17, 15) is 0 Å². The molecule has 0 aromatic rings. The average Bonchev–Trinajstić information content (AvgIpc) is 2.18. The largest absolute Gasteiger partial charge is 0.395 e. The Kier molecular flexibility index (Phi) is 24.0. The highest BCUT2D eigenvalue weighted by molar-refractivity contribution is 5.85. The maximum atomic E-state index is 8.73. The van der Waals surface area contributed by atoms with E-state index in [1.165, 1.54) is 0 Å². The molecule has 4 N–H and O–H groups in total. The zero-order valence-electron chi connectivity index (χ0n) is 9.47. The molecule has 7 heteroatoms. The summed E-state index contributed by atoms with van der Waals surface area (Å²) in [5, 5.41) is 29.0. The predicted molar refractivity (Wildman–Crippen MR) is 69.7 cm³/mol. The minimum Gasteiger partial charge on any atom is -0.395 e. The van der Waals surface area contributed by atoms with E-state index in [0.717, 1.165) is 19.5 Å². The summed E-state index contributed by atoms with van der Waals surface area (Å²) in [6.07, 6.45) is 0.958. The molecule has 0 aromatic carbocycles. The summed E-state index contributed by atoms with van der Waals surface area (Å²) in [5.74, 6) is 0. The van der Waals surface area contributed by atoms with E-state index in [1.807, 2.05) is 4.90 Å². The molecule has 0 heterocycles. The molecule has 0 unspecified atom stereocenters. The van der Waals surface area contributed by atoms with Crippen molar-refractivity contribution in [2.45, 2.75) is 6.42 Å². The molecule has 0 radical (unpaired) electrons. The second-order valence-corrected chi connectivity index (χ2v) is 3.12. The standard InChI is InChI=1S/C9H22N2O3.2ClH/c12-7-3-10-2-1-4-11(5-8-13)6-9-14;;/h10,12-14H,1-9H2;2*1H. The normalized spacial score (nSPS) is 9.75. The summed E-state index contributed by atoms with van der Waals surface area (Å²) in [4.78, 5) is 2.01. The maximum absolute atomic E-state index is 8.73. The number of hydrogen-bond donors (Lipinski definition) is 4. The quantitative estimate of drug-likeness (QED) is 0.390. The zero-order chi connectivity index (χ0) is 10.6. The van der Waals surface area contributed by atoms with Gasteiger partial charge in [-0.1, -0.05) is 0 Å². The van der Waals surface area contributed by atoms with Crippen LogP contribution in [0.2, 0.25) is 0 Å². The Labute approximate surface area is 110 Å². The molecule has 0 spiro atoms. The Morgan fingerprint density at radius 2 is 1.31 bits per heavy atom. The van der Waals surface area contributed by atoms with Crippen LogP contribution < -0.4 is 5.32 Å². The Balaban J connectivity index is -0.000000845. The van der Waals surface area contributed by atoms with Crippen LogP contribution in [0.25, 0.3) is 0 Å². The fraction of sp³-hybridized carbons (Fsp3) is 1.00. The molecular formula is C9H24Cl2N2O3. The zero-order valence-corrected chi connectivity index (χ0v) is 11.1. The van der Waals surface area contributed by atoms with Crippen molar-refractivity contribution in [1.29, 1.82) is 0 Å². The minimum absolute atomic E-state index is 0. The van der Waals surface area contributed by atoms with Gasteiger partial charge in [-0.25, -0.2) is 0 Å². The molecule has 102 valence electrons. The topological polar surface area (TPSA) is 76.0 Å². The van der Waals surface area contributed by atoms with Gasteiger partial charge < -0.3 is 20.6 Å². The lowest BCUT2D eigenvalue weighted by Crippen LogP contribution is -2.32. The summed E-state index contributed by atoms with van der Waals surface area (Å²) < 4.78 is 0. The summed E-state index contributed by atoms with van der Waals surface area (Å²) in [6, 6.07) is 0. The van der Waals surface area contributed by atoms with Gasteiger partial charge in [0.25, 0.3) is 0 Å². The number of hydrogen-bond acceptors (Lipinski definition) is 5. The van der Waals surface area contributed by atoms with E-state index in [1.54, 1.807) is 0 Å². The molecule has 0 aliphatic heterocycles. The molecule has 0 fully saturated rings. The Hall–Kier alpha value is 0.380. The van der Waals surface area contributed by atoms with Crippen molar-refractivity contribution in [2.24, 2.45) is 0 Å². The first-order valence-corrected chi connectivity index (χ1v) is 5.10. The molecule has 0 saturated carbocycles. The summed E-state index contributed by atoms with van der Waals surface area (Å²) >= 11 is 0. The molecule has 0 aromatic heterocycles. The SMILES string of the molecule is Cl.Cl.OCCNCCCN(CCO)CCO. The summed E-state index contributed by atoms with van der Waals surface area (Å²) in [5.41, 5.74) is 0. The number of nitrogens with one attached hydrogen (secondary N) is 1. The third-order valence-electron chi connectivity index (χ3n) is 1.95. The molecule has 0 aliphatic rings. The third kappa shape index (κ3) is 14.4. The van der Waals surface area contributed by atoms with Crippen LogP contribution in [-0.4, -0.2) is 72.8 Å². The van der Waals surface area contributed by atoms with Crippen molar-refractivity contribution in [3.63, 3.8) is 0 Å². The minimum atomic E-state index is 0. The van der Waals surface area contributed by atoms with Crippen molar-refractivity contribution < 1.29 is 15.3 Å². The maximum Gasteiger partial charge on any atom is 0.0558 e. The fourth-order valence-corrected chi connectivity index (χ4v) is 1.25. The van der Waals surface area contributed by atoms with Gasteiger partial charge in [0.05, 0.1) is 19.8 Å². The summed E-state index contributed by atoms with van der Waals surface area (Å²) in [6.45, 7) is 3.99. The highest BCUT2D eigenvalue weighted by Gasteiger charge is 2.01. The lowest BCUT2D eigenvalue weighted by atomic mass is 10.3. The molecule has 0 saturated heterocycles. The van der Waals surface area contributed by atoms with E-state index in [-0.39, 0.29) is 44.6 Å². The summed E-state index contributed by atoms with van der Waals surface area (Å²) in [7, 11) is 0. The fourth-order valence-electron chi connectivity index (χ4n) is 1.25. The number of halogens is 2. The third-order valence-corrected chi connectivity index (χ3v) is 1.95. The smallest absolute Gasteiger partial charge is 0.0558 e. The van der Waals surface area contributed by atoms with E-state index in [0.29, 0.717) is 19.6 Å². The van der Waals surface area contributed by atoms with Gasteiger partial charge >= 0.3 is 0 Å². The number of nitrogens with zero attached hydrogens (tertiary/aromatic N) is 1. The first kappa shape index (κ1) is 21.6. The van der Waals surface area contributed by atoms with Crippen LogP contribution in [0.1, 0.15) is 6.42 Å². The van der Waals surface area contributed by atoms with E-state index < -0.39 is 0 Å². The van der Waals surface area contributed by atoms with Crippen molar-refractivity contribution in [3.8, 4) is 0 Å². The number of rotatable bonds is 10. The second kappa shape index (κ2) is 17.8. The number of aliphatic hydroxyl groups is 3. The molecule has 0 aliphatic carbocycles.